The molecular weight excluding hydrogens is 302 g/mol. The van der Waals surface area contributed by atoms with Crippen molar-refractivity contribution in [2.45, 2.75) is 38.7 Å². The van der Waals surface area contributed by atoms with Crippen LogP contribution in [0.5, 0.6) is 0 Å². The zero-order chi connectivity index (χ0) is 16.7. The van der Waals surface area contributed by atoms with E-state index in [2.05, 4.69) is 12.3 Å². The number of sulfonamides is 1. The van der Waals surface area contributed by atoms with E-state index in [0.29, 0.717) is 4.31 Å². The summed E-state index contributed by atoms with van der Waals surface area (Å²) in [6.07, 6.45) is -1.63. The van der Waals surface area contributed by atoms with Crippen molar-refractivity contribution in [2.24, 2.45) is 5.41 Å². The van der Waals surface area contributed by atoms with Gasteiger partial charge in [0.1, 0.15) is 5.70 Å². The Hall–Kier alpha value is -2.04. The van der Waals surface area contributed by atoms with E-state index >= 15 is 0 Å². The molecule has 0 spiro atoms. The number of aryl methyl sites for hydroxylation is 1. The maximum absolute atomic E-state index is 12.7. The van der Waals surface area contributed by atoms with E-state index in [1.165, 1.54) is 12.1 Å². The molecule has 1 aliphatic rings. The summed E-state index contributed by atoms with van der Waals surface area (Å²) in [6.45, 7) is 10.9. The summed E-state index contributed by atoms with van der Waals surface area (Å²) in [5, 5.41) is 0. The summed E-state index contributed by atoms with van der Waals surface area (Å²) in [7, 11) is -4.04. The smallest absolute Gasteiger partial charge is 0.429 e. The molecule has 22 heavy (non-hydrogen) atoms. The molecule has 0 aliphatic carbocycles. The van der Waals surface area contributed by atoms with E-state index in [-0.39, 0.29) is 10.6 Å². The number of nitrogens with zero attached hydrogens (tertiary/aromatic N) is 1. The van der Waals surface area contributed by atoms with Crippen molar-refractivity contribution in [3.63, 3.8) is 0 Å². The van der Waals surface area contributed by atoms with Crippen molar-refractivity contribution < 1.29 is 17.9 Å². The Morgan fingerprint density at radius 2 is 1.77 bits per heavy atom. The fraction of sp³-hybridized carbons (Fsp3) is 0.375. The third kappa shape index (κ3) is 2.67. The predicted molar refractivity (Wildman–Crippen MR) is 82.6 cm³/mol. The van der Waals surface area contributed by atoms with Crippen LogP contribution in [0.4, 0.5) is 4.79 Å². The van der Waals surface area contributed by atoms with Gasteiger partial charge in [0.15, 0.2) is 6.10 Å². The lowest BCUT2D eigenvalue weighted by atomic mass is 9.87. The molecule has 1 aliphatic heterocycles. The van der Waals surface area contributed by atoms with E-state index in [1.807, 2.05) is 27.7 Å². The van der Waals surface area contributed by atoms with E-state index in [9.17, 15) is 13.2 Å². The molecule has 0 N–H and O–H groups in total. The minimum atomic E-state index is -4.04. The maximum Gasteiger partial charge on any atom is 0.429 e. The van der Waals surface area contributed by atoms with E-state index in [4.69, 9.17) is 4.74 Å². The zero-order valence-corrected chi connectivity index (χ0v) is 13.9. The molecule has 1 saturated heterocycles. The molecule has 5 nitrogen and oxygen atoms in total. The monoisotopic (exact) mass is 321 g/mol. The van der Waals surface area contributed by atoms with Crippen molar-refractivity contribution >= 4 is 16.1 Å². The van der Waals surface area contributed by atoms with Gasteiger partial charge in [0.25, 0.3) is 10.0 Å². The lowest BCUT2D eigenvalue weighted by Gasteiger charge is -2.25. The Balaban J connectivity index is 2.53. The van der Waals surface area contributed by atoms with Crippen LogP contribution in [0.1, 0.15) is 26.3 Å². The van der Waals surface area contributed by atoms with E-state index in [1.54, 1.807) is 12.1 Å². The first-order valence-electron chi connectivity index (χ1n) is 6.81. The number of hydrogen-bond acceptors (Lipinski definition) is 4. The van der Waals surface area contributed by atoms with Crippen molar-refractivity contribution in [2.75, 3.05) is 0 Å². The SMILES string of the molecule is C=C=C1C(C(C)(C)C)OC(=O)N1S(=O)(=O)c1ccc(C)cc1. The molecule has 0 radical (unpaired) electrons. The summed E-state index contributed by atoms with van der Waals surface area (Å²) in [6, 6.07) is 6.27. The van der Waals surface area contributed by atoms with Crippen molar-refractivity contribution in [1.29, 1.82) is 0 Å². The average Bonchev–Trinajstić information content (AvgIpc) is 2.76. The van der Waals surface area contributed by atoms with Gasteiger partial charge >= 0.3 is 6.09 Å². The first kappa shape index (κ1) is 16.3. The average molecular weight is 321 g/mol. The molecule has 1 amide bonds. The second-order valence-corrected chi connectivity index (χ2v) is 8.06. The van der Waals surface area contributed by atoms with Crippen LogP contribution in [0.3, 0.4) is 0 Å². The van der Waals surface area contributed by atoms with Crippen molar-refractivity contribution in [3.8, 4) is 0 Å². The van der Waals surface area contributed by atoms with E-state index in [0.717, 1.165) is 5.56 Å². The number of cyclic esters (lactones) is 1. The molecule has 1 atom stereocenters. The molecule has 2 rings (SSSR count). The lowest BCUT2D eigenvalue weighted by Crippen LogP contribution is -2.32. The third-order valence-electron chi connectivity index (χ3n) is 3.38. The first-order valence-corrected chi connectivity index (χ1v) is 8.25. The van der Waals surface area contributed by atoms with Gasteiger partial charge < -0.3 is 4.74 Å². The van der Waals surface area contributed by atoms with Crippen molar-refractivity contribution in [3.05, 3.63) is 47.8 Å². The molecule has 0 bridgehead atoms. The predicted octanol–water partition coefficient (Wildman–Crippen LogP) is 3.22. The second kappa shape index (κ2) is 5.30. The summed E-state index contributed by atoms with van der Waals surface area (Å²) in [5.41, 5.74) is 3.14. The topological polar surface area (TPSA) is 63.7 Å². The molecule has 1 unspecified atom stereocenters. The standard InChI is InChI=1S/C16H19NO4S/c1-6-13-14(16(3,4)5)21-15(18)17(13)22(19,20)12-9-7-11(2)8-10-12/h7-10,14H,1H2,2-5H3. The van der Waals surface area contributed by atoms with Gasteiger partial charge in [0, 0.05) is 5.41 Å². The van der Waals surface area contributed by atoms with Gasteiger partial charge in [-0.15, -0.1) is 5.73 Å². The first-order chi connectivity index (χ1) is 10.1. The zero-order valence-electron chi connectivity index (χ0n) is 13.1. The summed E-state index contributed by atoms with van der Waals surface area (Å²) >= 11 is 0. The molecule has 6 heteroatoms. The molecule has 1 fully saturated rings. The van der Waals surface area contributed by atoms with Crippen LogP contribution in [-0.2, 0) is 14.8 Å². The highest BCUT2D eigenvalue weighted by Crippen LogP contribution is 2.38. The van der Waals surface area contributed by atoms with Gasteiger partial charge in [0.05, 0.1) is 4.90 Å². The molecule has 0 saturated carbocycles. The Morgan fingerprint density at radius 1 is 1.23 bits per heavy atom. The quantitative estimate of drug-likeness (QED) is 0.785. The molecule has 118 valence electrons. The van der Waals surface area contributed by atoms with Gasteiger partial charge in [-0.2, -0.15) is 4.31 Å². The minimum absolute atomic E-state index is 0.0253. The highest BCUT2D eigenvalue weighted by atomic mass is 32.2. The highest BCUT2D eigenvalue weighted by Gasteiger charge is 2.49. The maximum atomic E-state index is 12.7. The summed E-state index contributed by atoms with van der Waals surface area (Å²) in [5.74, 6) is 0. The Morgan fingerprint density at radius 3 is 2.23 bits per heavy atom. The number of carbonyl (C=O) groups is 1. The van der Waals surface area contributed by atoms with Gasteiger partial charge in [-0.1, -0.05) is 45.0 Å². The van der Waals surface area contributed by atoms with Gasteiger partial charge in [-0.05, 0) is 19.1 Å². The number of carbonyl (C=O) groups excluding carboxylic acids is 1. The van der Waals surface area contributed by atoms with Gasteiger partial charge in [-0.25, -0.2) is 13.2 Å². The fourth-order valence-corrected chi connectivity index (χ4v) is 3.55. The number of ether oxygens (including phenoxy) is 1. The fourth-order valence-electron chi connectivity index (χ4n) is 2.20. The normalized spacial score (nSPS) is 19.1. The number of hydrogen-bond donors (Lipinski definition) is 0. The summed E-state index contributed by atoms with van der Waals surface area (Å²) < 4.78 is 31.4. The summed E-state index contributed by atoms with van der Waals surface area (Å²) in [4.78, 5) is 12.1. The minimum Gasteiger partial charge on any atom is -0.437 e. The Kier molecular flexibility index (Phi) is 3.94. The van der Waals surface area contributed by atoms with Crippen LogP contribution >= 0.6 is 0 Å². The molecule has 1 heterocycles. The van der Waals surface area contributed by atoms with Crippen LogP contribution in [0.2, 0.25) is 0 Å². The van der Waals surface area contributed by atoms with E-state index < -0.39 is 27.6 Å². The highest BCUT2D eigenvalue weighted by molar-refractivity contribution is 7.89. The van der Waals surface area contributed by atoms with Crippen LogP contribution in [0.25, 0.3) is 0 Å². The molecule has 1 aromatic carbocycles. The van der Waals surface area contributed by atoms with Gasteiger partial charge in [0.2, 0.25) is 0 Å². The third-order valence-corrected chi connectivity index (χ3v) is 5.07. The molecular formula is C16H19NO4S. The van der Waals surface area contributed by atoms with Crippen LogP contribution in [0.15, 0.2) is 47.2 Å². The lowest BCUT2D eigenvalue weighted by molar-refractivity contribution is 0.0822. The number of rotatable bonds is 2. The molecule has 0 aromatic heterocycles. The van der Waals surface area contributed by atoms with Crippen molar-refractivity contribution in [1.82, 2.24) is 4.31 Å². The largest absolute Gasteiger partial charge is 0.437 e. The Labute approximate surface area is 130 Å². The van der Waals surface area contributed by atoms with Gasteiger partial charge in [-0.3, -0.25) is 0 Å². The molecule has 1 aromatic rings. The number of amides is 1. The van der Waals surface area contributed by atoms with Crippen LogP contribution < -0.4 is 0 Å². The van der Waals surface area contributed by atoms with Crippen LogP contribution in [0, 0.1) is 12.3 Å². The Bertz CT molecular complexity index is 750. The number of benzene rings is 1. The second-order valence-electron chi connectivity index (χ2n) is 6.27. The van der Waals surface area contributed by atoms with Crippen LogP contribution in [-0.4, -0.2) is 24.9 Å².